The molecule has 3 N–H and O–H groups in total. The van der Waals surface area contributed by atoms with Crippen LogP contribution in [-0.4, -0.2) is 29.0 Å². The maximum Gasteiger partial charge on any atom is 0.405 e. The van der Waals surface area contributed by atoms with E-state index < -0.39 is 11.6 Å². The molecule has 0 heterocycles. The third kappa shape index (κ3) is 3.86. The van der Waals surface area contributed by atoms with Gasteiger partial charge in [-0.2, -0.15) is 0 Å². The molecule has 0 bridgehead atoms. The van der Waals surface area contributed by atoms with Crippen molar-refractivity contribution in [2.75, 3.05) is 7.11 Å². The van der Waals surface area contributed by atoms with Gasteiger partial charge in [0.15, 0.2) is 11.5 Å². The third-order valence-corrected chi connectivity index (χ3v) is 2.33. The Bertz CT molecular complexity index is 415. The number of ether oxygens (including phenoxy) is 1. The first-order chi connectivity index (χ1) is 7.84. The molecule has 5 nitrogen and oxygen atoms in total. The second-order valence-corrected chi connectivity index (χ2v) is 4.50. The lowest BCUT2D eigenvalue weighted by atomic mass is 9.95. The molecule has 0 saturated heterocycles. The first-order valence-corrected chi connectivity index (χ1v) is 5.21. The van der Waals surface area contributed by atoms with Gasteiger partial charge < -0.3 is 20.3 Å². The molecule has 94 valence electrons. The third-order valence-electron chi connectivity index (χ3n) is 2.33. The zero-order valence-electron chi connectivity index (χ0n) is 10.2. The zero-order valence-corrected chi connectivity index (χ0v) is 10.2. The Balaban J connectivity index is 2.81. The first-order valence-electron chi connectivity index (χ1n) is 5.21. The summed E-state index contributed by atoms with van der Waals surface area (Å²) >= 11 is 0. The van der Waals surface area contributed by atoms with Crippen molar-refractivity contribution in [3.8, 4) is 11.5 Å². The van der Waals surface area contributed by atoms with Crippen molar-refractivity contribution < 1.29 is 19.7 Å². The molecular formula is C12H17NO4. The van der Waals surface area contributed by atoms with Gasteiger partial charge >= 0.3 is 6.09 Å². The minimum atomic E-state index is -1.06. The van der Waals surface area contributed by atoms with E-state index in [0.717, 1.165) is 5.56 Å². The summed E-state index contributed by atoms with van der Waals surface area (Å²) in [6.07, 6.45) is -0.579. The minimum absolute atomic E-state index is 0.0520. The van der Waals surface area contributed by atoms with Gasteiger partial charge in [-0.3, -0.25) is 0 Å². The fraction of sp³-hybridized carbons (Fsp3) is 0.417. The number of nitrogens with one attached hydrogen (secondary N) is 1. The molecule has 0 aromatic heterocycles. The molecule has 5 heteroatoms. The summed E-state index contributed by atoms with van der Waals surface area (Å²) in [5.74, 6) is 0.453. The summed E-state index contributed by atoms with van der Waals surface area (Å²) in [4.78, 5) is 10.6. The topological polar surface area (TPSA) is 78.8 Å². The van der Waals surface area contributed by atoms with Gasteiger partial charge in [0.2, 0.25) is 0 Å². The first kappa shape index (κ1) is 13.2. The number of carboxylic acid groups (broad SMARTS) is 1. The second-order valence-electron chi connectivity index (χ2n) is 4.50. The number of hydrogen-bond donors (Lipinski definition) is 3. The van der Waals surface area contributed by atoms with Crippen LogP contribution in [0.3, 0.4) is 0 Å². The number of carbonyl (C=O) groups is 1. The van der Waals surface area contributed by atoms with E-state index in [-0.39, 0.29) is 5.75 Å². The predicted molar refractivity (Wildman–Crippen MR) is 63.6 cm³/mol. The quantitative estimate of drug-likeness (QED) is 0.750. The monoisotopic (exact) mass is 239 g/mol. The Labute approximate surface area is 100 Å². The number of methoxy groups -OCH3 is 1. The van der Waals surface area contributed by atoms with Crippen LogP contribution in [0.25, 0.3) is 0 Å². The molecule has 0 fully saturated rings. The number of aromatic hydroxyl groups is 1. The summed E-state index contributed by atoms with van der Waals surface area (Å²) in [5, 5.41) is 20.7. The molecule has 17 heavy (non-hydrogen) atoms. The summed E-state index contributed by atoms with van der Waals surface area (Å²) in [5.41, 5.74) is 0.245. The van der Waals surface area contributed by atoms with Gasteiger partial charge in [0, 0.05) is 5.54 Å². The van der Waals surface area contributed by atoms with Crippen LogP contribution in [0, 0.1) is 0 Å². The molecule has 1 aromatic carbocycles. The Morgan fingerprint density at radius 3 is 2.59 bits per heavy atom. The van der Waals surface area contributed by atoms with Gasteiger partial charge in [-0.1, -0.05) is 6.07 Å². The van der Waals surface area contributed by atoms with Gasteiger partial charge in [0.05, 0.1) is 7.11 Å². The summed E-state index contributed by atoms with van der Waals surface area (Å²) in [7, 11) is 1.48. The minimum Gasteiger partial charge on any atom is -0.504 e. The van der Waals surface area contributed by atoms with Crippen LogP contribution < -0.4 is 10.1 Å². The van der Waals surface area contributed by atoms with E-state index in [9.17, 15) is 9.90 Å². The van der Waals surface area contributed by atoms with E-state index in [2.05, 4.69) is 5.32 Å². The molecular weight excluding hydrogens is 222 g/mol. The number of phenolic OH excluding ortho intramolecular Hbond substituents is 1. The second kappa shape index (κ2) is 4.95. The maximum absolute atomic E-state index is 10.6. The molecule has 0 aliphatic rings. The SMILES string of the molecule is COc1ccc(CC(C)(C)NC(=O)O)cc1O. The lowest BCUT2D eigenvalue weighted by molar-refractivity contribution is 0.182. The van der Waals surface area contributed by atoms with Crippen molar-refractivity contribution in [2.24, 2.45) is 0 Å². The average molecular weight is 239 g/mol. The Hall–Kier alpha value is -1.91. The Morgan fingerprint density at radius 1 is 1.47 bits per heavy atom. The summed E-state index contributed by atoms with van der Waals surface area (Å²) in [6, 6.07) is 5.02. The molecule has 1 aromatic rings. The van der Waals surface area contributed by atoms with Crippen molar-refractivity contribution in [3.63, 3.8) is 0 Å². The number of rotatable bonds is 4. The van der Waals surface area contributed by atoms with Crippen molar-refractivity contribution in [2.45, 2.75) is 25.8 Å². The molecule has 0 atom stereocenters. The van der Waals surface area contributed by atoms with Gasteiger partial charge in [0.25, 0.3) is 0 Å². The van der Waals surface area contributed by atoms with Crippen molar-refractivity contribution in [3.05, 3.63) is 23.8 Å². The van der Waals surface area contributed by atoms with E-state index in [0.29, 0.717) is 12.2 Å². The van der Waals surface area contributed by atoms with Crippen LogP contribution in [0.15, 0.2) is 18.2 Å². The van der Waals surface area contributed by atoms with Gasteiger partial charge in [-0.25, -0.2) is 4.79 Å². The number of hydrogen-bond acceptors (Lipinski definition) is 3. The molecule has 0 unspecified atom stereocenters. The maximum atomic E-state index is 10.6. The molecule has 0 saturated carbocycles. The fourth-order valence-electron chi connectivity index (χ4n) is 1.69. The van der Waals surface area contributed by atoms with Crippen molar-refractivity contribution >= 4 is 6.09 Å². The van der Waals surface area contributed by atoms with E-state index in [1.165, 1.54) is 7.11 Å². The standard InChI is InChI=1S/C12H17NO4/c1-12(2,13-11(15)16)7-8-4-5-10(17-3)9(14)6-8/h4-6,13-14H,7H2,1-3H3,(H,15,16). The van der Waals surface area contributed by atoms with Gasteiger partial charge in [-0.05, 0) is 38.0 Å². The highest BCUT2D eigenvalue weighted by Crippen LogP contribution is 2.27. The molecule has 1 amide bonds. The van der Waals surface area contributed by atoms with E-state index in [1.807, 2.05) is 0 Å². The van der Waals surface area contributed by atoms with E-state index >= 15 is 0 Å². The summed E-state index contributed by atoms with van der Waals surface area (Å²) in [6.45, 7) is 3.56. The highest BCUT2D eigenvalue weighted by atomic mass is 16.5. The van der Waals surface area contributed by atoms with Crippen molar-refractivity contribution in [1.29, 1.82) is 0 Å². The van der Waals surface area contributed by atoms with Crippen LogP contribution in [-0.2, 0) is 6.42 Å². The highest BCUT2D eigenvalue weighted by molar-refractivity contribution is 5.65. The smallest absolute Gasteiger partial charge is 0.405 e. The largest absolute Gasteiger partial charge is 0.504 e. The highest BCUT2D eigenvalue weighted by Gasteiger charge is 2.21. The molecule has 0 radical (unpaired) electrons. The van der Waals surface area contributed by atoms with Crippen LogP contribution in [0.1, 0.15) is 19.4 Å². The fourth-order valence-corrected chi connectivity index (χ4v) is 1.69. The van der Waals surface area contributed by atoms with Gasteiger partial charge in [0.1, 0.15) is 0 Å². The van der Waals surface area contributed by atoms with E-state index in [1.54, 1.807) is 32.0 Å². The van der Waals surface area contributed by atoms with Gasteiger partial charge in [-0.15, -0.1) is 0 Å². The number of amides is 1. The van der Waals surface area contributed by atoms with Crippen LogP contribution in [0.4, 0.5) is 4.79 Å². The molecule has 0 aliphatic carbocycles. The van der Waals surface area contributed by atoms with Crippen LogP contribution >= 0.6 is 0 Å². The summed E-state index contributed by atoms with van der Waals surface area (Å²) < 4.78 is 4.93. The zero-order chi connectivity index (χ0) is 13.1. The van der Waals surface area contributed by atoms with Crippen LogP contribution in [0.2, 0.25) is 0 Å². The van der Waals surface area contributed by atoms with Crippen molar-refractivity contribution in [1.82, 2.24) is 5.32 Å². The molecule has 1 rings (SSSR count). The van der Waals surface area contributed by atoms with E-state index in [4.69, 9.17) is 9.84 Å². The average Bonchev–Trinajstić information content (AvgIpc) is 2.14. The normalized spacial score (nSPS) is 11.0. The molecule has 0 spiro atoms. The Morgan fingerprint density at radius 2 is 2.12 bits per heavy atom. The lowest BCUT2D eigenvalue weighted by Gasteiger charge is -2.24. The van der Waals surface area contributed by atoms with Crippen LogP contribution in [0.5, 0.6) is 11.5 Å². The number of phenols is 1. The lowest BCUT2D eigenvalue weighted by Crippen LogP contribution is -2.44. The predicted octanol–water partition coefficient (Wildman–Crippen LogP) is 1.99. The number of benzene rings is 1. The molecule has 0 aliphatic heterocycles. The Kier molecular flexibility index (Phi) is 3.83.